The Balaban J connectivity index is 1.58. The minimum atomic E-state index is -0.477. The van der Waals surface area contributed by atoms with Gasteiger partial charge in [0.15, 0.2) is 0 Å². The fourth-order valence-electron chi connectivity index (χ4n) is 4.08. The molecule has 0 aliphatic heterocycles. The Hall–Kier alpha value is -3.45. The maximum absolute atomic E-state index is 13.5. The first-order valence-corrected chi connectivity index (χ1v) is 12.6. The highest BCUT2D eigenvalue weighted by Gasteiger charge is 2.21. The Labute approximate surface area is 218 Å². The molecule has 0 spiro atoms. The number of halogens is 2. The van der Waals surface area contributed by atoms with Crippen molar-refractivity contribution < 1.29 is 14.0 Å². The number of rotatable bonds is 6. The van der Waals surface area contributed by atoms with Crippen LogP contribution in [0.25, 0.3) is 22.2 Å². The molecule has 3 aromatic carbocycles. The first-order chi connectivity index (χ1) is 17.1. The topological polar surface area (TPSA) is 63.1 Å². The van der Waals surface area contributed by atoms with E-state index < -0.39 is 5.41 Å². The van der Waals surface area contributed by atoms with Crippen LogP contribution in [0.15, 0.2) is 71.2 Å². The van der Waals surface area contributed by atoms with Crippen LogP contribution in [0.1, 0.15) is 43.6 Å². The normalized spacial score (nSPS) is 11.5. The average Bonchev–Trinajstić information content (AvgIpc) is 3.13. The largest absolute Gasteiger partial charge is 0.352 e. The maximum Gasteiger partial charge on any atom is 0.255 e. The van der Waals surface area contributed by atoms with E-state index in [1.54, 1.807) is 24.3 Å². The summed E-state index contributed by atoms with van der Waals surface area (Å²) in [6.07, 6.45) is 0. The highest BCUT2D eigenvalue weighted by atomic mass is 79.9. The minimum absolute atomic E-state index is 0.0461. The number of benzene rings is 3. The number of aryl methyl sites for hydroxylation is 1. The van der Waals surface area contributed by atoms with Crippen molar-refractivity contribution in [2.24, 2.45) is 5.41 Å². The van der Waals surface area contributed by atoms with Gasteiger partial charge in [0.2, 0.25) is 5.91 Å². The summed E-state index contributed by atoms with van der Waals surface area (Å²) >= 11 is 3.73. The van der Waals surface area contributed by atoms with E-state index in [9.17, 15) is 14.0 Å². The number of carbonyl (C=O) groups is 2. The van der Waals surface area contributed by atoms with E-state index in [1.165, 1.54) is 12.1 Å². The second-order valence-corrected chi connectivity index (χ2v) is 10.5. The van der Waals surface area contributed by atoms with Crippen molar-refractivity contribution in [3.05, 3.63) is 88.1 Å². The monoisotopic (exact) mass is 549 g/mol. The number of nitrogens with zero attached hydrogens (tertiary/aromatic N) is 1. The Morgan fingerprint density at radius 1 is 1.00 bits per heavy atom. The van der Waals surface area contributed by atoms with Crippen LogP contribution in [0.3, 0.4) is 0 Å². The van der Waals surface area contributed by atoms with Gasteiger partial charge in [0.05, 0.1) is 10.2 Å². The summed E-state index contributed by atoms with van der Waals surface area (Å²) in [5, 5.41) is 6.85. The minimum Gasteiger partial charge on any atom is -0.352 e. The van der Waals surface area contributed by atoms with Gasteiger partial charge in [-0.2, -0.15) is 0 Å². The molecule has 0 saturated heterocycles. The molecule has 4 aromatic rings. The van der Waals surface area contributed by atoms with Crippen molar-refractivity contribution in [3.8, 4) is 11.3 Å². The zero-order valence-electron chi connectivity index (χ0n) is 20.8. The third-order valence-electron chi connectivity index (χ3n) is 6.02. The van der Waals surface area contributed by atoms with Crippen molar-refractivity contribution in [2.75, 3.05) is 5.32 Å². The van der Waals surface area contributed by atoms with Gasteiger partial charge in [-0.3, -0.25) is 9.59 Å². The lowest BCUT2D eigenvalue weighted by molar-refractivity contribution is -0.128. The number of amides is 2. The van der Waals surface area contributed by atoms with Crippen LogP contribution >= 0.6 is 15.9 Å². The van der Waals surface area contributed by atoms with Crippen molar-refractivity contribution in [1.29, 1.82) is 0 Å². The van der Waals surface area contributed by atoms with E-state index in [2.05, 4.69) is 38.1 Å². The highest BCUT2D eigenvalue weighted by Crippen LogP contribution is 2.39. The summed E-state index contributed by atoms with van der Waals surface area (Å²) in [5.41, 5.74) is 4.42. The molecule has 0 aliphatic rings. The Bertz CT molecular complexity index is 1440. The van der Waals surface area contributed by atoms with E-state index >= 15 is 0 Å². The van der Waals surface area contributed by atoms with Crippen molar-refractivity contribution >= 4 is 44.3 Å². The van der Waals surface area contributed by atoms with E-state index in [1.807, 2.05) is 51.1 Å². The van der Waals surface area contributed by atoms with Crippen LogP contribution in [0, 0.1) is 11.2 Å². The molecular formula is C29H29BrFN3O2. The van der Waals surface area contributed by atoms with E-state index in [-0.39, 0.29) is 17.6 Å². The molecule has 0 atom stereocenters. The molecule has 5 nitrogen and oxygen atoms in total. The van der Waals surface area contributed by atoms with Gasteiger partial charge in [0.25, 0.3) is 5.91 Å². The Morgan fingerprint density at radius 3 is 2.39 bits per heavy atom. The highest BCUT2D eigenvalue weighted by molar-refractivity contribution is 9.10. The van der Waals surface area contributed by atoms with Gasteiger partial charge >= 0.3 is 0 Å². The number of aromatic nitrogens is 1. The third-order valence-corrected chi connectivity index (χ3v) is 6.82. The molecule has 0 saturated carbocycles. The molecular weight excluding hydrogens is 521 g/mol. The number of carbonyl (C=O) groups excluding carboxylic acids is 2. The SMILES string of the molecule is CCn1c(-c2ccc(F)cc2)c(Br)c2cc(NC(=O)c3cccc(CNC(=O)C(C)(C)C)c3)ccc21. The first kappa shape index (κ1) is 25.6. The van der Waals surface area contributed by atoms with Gasteiger partial charge in [-0.1, -0.05) is 32.9 Å². The number of hydrogen-bond donors (Lipinski definition) is 2. The second kappa shape index (κ2) is 10.3. The summed E-state index contributed by atoms with van der Waals surface area (Å²) in [5.74, 6) is -0.557. The molecule has 1 heterocycles. The molecule has 0 bridgehead atoms. The molecule has 4 rings (SSSR count). The van der Waals surface area contributed by atoms with Gasteiger partial charge < -0.3 is 15.2 Å². The summed E-state index contributed by atoms with van der Waals surface area (Å²) in [6, 6.07) is 19.4. The smallest absolute Gasteiger partial charge is 0.255 e. The number of anilines is 1. The van der Waals surface area contributed by atoms with Gasteiger partial charge in [0, 0.05) is 40.7 Å². The van der Waals surface area contributed by atoms with Crippen LogP contribution in [-0.4, -0.2) is 16.4 Å². The second-order valence-electron chi connectivity index (χ2n) is 9.73. The van der Waals surface area contributed by atoms with Crippen LogP contribution in [0.4, 0.5) is 10.1 Å². The quantitative estimate of drug-likeness (QED) is 0.268. The van der Waals surface area contributed by atoms with E-state index in [0.29, 0.717) is 17.8 Å². The lowest BCUT2D eigenvalue weighted by Crippen LogP contribution is -2.34. The molecule has 0 unspecified atom stereocenters. The fraction of sp³-hybridized carbons (Fsp3) is 0.241. The summed E-state index contributed by atoms with van der Waals surface area (Å²) < 4.78 is 16.5. The summed E-state index contributed by atoms with van der Waals surface area (Å²) in [7, 11) is 0. The average molecular weight is 550 g/mol. The zero-order chi connectivity index (χ0) is 26.0. The Kier molecular flexibility index (Phi) is 7.31. The zero-order valence-corrected chi connectivity index (χ0v) is 22.4. The van der Waals surface area contributed by atoms with E-state index in [0.717, 1.165) is 38.7 Å². The number of hydrogen-bond acceptors (Lipinski definition) is 2. The summed E-state index contributed by atoms with van der Waals surface area (Å²) in [4.78, 5) is 25.2. The molecule has 0 radical (unpaired) electrons. The Morgan fingerprint density at radius 2 is 1.72 bits per heavy atom. The fourth-order valence-corrected chi connectivity index (χ4v) is 4.84. The standard InChI is InChI=1S/C29H29BrFN3O2/c1-5-34-24-14-13-22(16-23(24)25(30)26(34)19-9-11-21(31)12-10-19)33-27(35)20-8-6-7-18(15-20)17-32-28(36)29(2,3)4/h6-16H,5,17H2,1-4H3,(H,32,36)(H,33,35). The molecule has 0 aliphatic carbocycles. The van der Waals surface area contributed by atoms with Gasteiger partial charge in [-0.25, -0.2) is 4.39 Å². The molecule has 0 fully saturated rings. The number of fused-ring (bicyclic) bond motifs is 1. The van der Waals surface area contributed by atoms with Crippen molar-refractivity contribution in [1.82, 2.24) is 9.88 Å². The molecule has 36 heavy (non-hydrogen) atoms. The summed E-state index contributed by atoms with van der Waals surface area (Å²) in [6.45, 7) is 8.73. The van der Waals surface area contributed by atoms with Crippen LogP contribution in [0.2, 0.25) is 0 Å². The molecule has 7 heteroatoms. The molecule has 1 aromatic heterocycles. The van der Waals surface area contributed by atoms with Gasteiger partial charge in [-0.05, 0) is 88.6 Å². The lowest BCUT2D eigenvalue weighted by atomic mass is 9.95. The maximum atomic E-state index is 13.5. The predicted octanol–water partition coefficient (Wildman–Crippen LogP) is 7.14. The van der Waals surface area contributed by atoms with E-state index in [4.69, 9.17) is 0 Å². The van der Waals surface area contributed by atoms with Crippen LogP contribution in [-0.2, 0) is 17.9 Å². The first-order valence-electron chi connectivity index (χ1n) is 11.8. The van der Waals surface area contributed by atoms with Gasteiger partial charge in [0.1, 0.15) is 5.82 Å². The van der Waals surface area contributed by atoms with Crippen LogP contribution < -0.4 is 10.6 Å². The molecule has 2 N–H and O–H groups in total. The third kappa shape index (κ3) is 5.36. The van der Waals surface area contributed by atoms with Crippen molar-refractivity contribution in [2.45, 2.75) is 40.8 Å². The molecule has 2 amide bonds. The van der Waals surface area contributed by atoms with Crippen molar-refractivity contribution in [3.63, 3.8) is 0 Å². The van der Waals surface area contributed by atoms with Gasteiger partial charge in [-0.15, -0.1) is 0 Å². The predicted molar refractivity (Wildman–Crippen MR) is 146 cm³/mol. The number of nitrogens with one attached hydrogen (secondary N) is 2. The lowest BCUT2D eigenvalue weighted by Gasteiger charge is -2.17. The molecule has 186 valence electrons. The van der Waals surface area contributed by atoms with Crippen LogP contribution in [0.5, 0.6) is 0 Å².